The fourth-order valence-corrected chi connectivity index (χ4v) is 2.81. The van der Waals surface area contributed by atoms with Crippen LogP contribution in [0.15, 0.2) is 30.5 Å². The van der Waals surface area contributed by atoms with Crippen molar-refractivity contribution in [3.8, 4) is 0 Å². The van der Waals surface area contributed by atoms with E-state index in [1.54, 1.807) is 0 Å². The van der Waals surface area contributed by atoms with Crippen molar-refractivity contribution in [2.24, 2.45) is 5.92 Å². The highest BCUT2D eigenvalue weighted by Crippen LogP contribution is 2.27. The van der Waals surface area contributed by atoms with Gasteiger partial charge >= 0.3 is 6.18 Å². The Morgan fingerprint density at radius 3 is 2.29 bits per heavy atom. The van der Waals surface area contributed by atoms with Gasteiger partial charge in [-0.2, -0.15) is 18.3 Å². The average molecular weight is 393 g/mol. The summed E-state index contributed by atoms with van der Waals surface area (Å²) < 4.78 is 37.5. The summed E-state index contributed by atoms with van der Waals surface area (Å²) >= 11 is 0. The van der Waals surface area contributed by atoms with E-state index in [9.17, 15) is 18.0 Å². The highest BCUT2D eigenvalue weighted by Gasteiger charge is 2.32. The third-order valence-electron chi connectivity index (χ3n) is 4.57. The second-order valence-electron chi connectivity index (χ2n) is 7.94. The van der Waals surface area contributed by atoms with E-state index in [1.807, 2.05) is 12.1 Å². The molecule has 150 valence electrons. The lowest BCUT2D eigenvalue weighted by molar-refractivity contribution is -0.141. The number of halogens is 3. The zero-order valence-corrected chi connectivity index (χ0v) is 15.9. The number of carbonyl (C=O) groups excluding carboxylic acids is 1. The molecule has 1 fully saturated rings. The lowest BCUT2D eigenvalue weighted by atomic mass is 9.92. The molecule has 1 saturated heterocycles. The minimum Gasteiger partial charge on any atom is -0.354 e. The Bertz CT molecular complexity index is 823. The SMILES string of the molecule is CC(C)(C)c1ccc(N2CC(CNC(=O)c3ccc(C(F)(F)F)nc3)C2)nn1. The number of rotatable bonds is 4. The molecule has 0 atom stereocenters. The first kappa shape index (κ1) is 20.0. The van der Waals surface area contributed by atoms with Crippen LogP contribution in [0.1, 0.15) is 42.5 Å². The number of pyridine rings is 1. The molecule has 28 heavy (non-hydrogen) atoms. The van der Waals surface area contributed by atoms with Gasteiger partial charge in [-0.05, 0) is 24.3 Å². The summed E-state index contributed by atoms with van der Waals surface area (Å²) in [5.74, 6) is 0.604. The Morgan fingerprint density at radius 1 is 1.11 bits per heavy atom. The maximum atomic E-state index is 12.5. The van der Waals surface area contributed by atoms with Crippen molar-refractivity contribution in [1.82, 2.24) is 20.5 Å². The first-order valence-electron chi connectivity index (χ1n) is 8.94. The van der Waals surface area contributed by atoms with Gasteiger partial charge in [-0.1, -0.05) is 20.8 Å². The third-order valence-corrected chi connectivity index (χ3v) is 4.57. The molecule has 2 aromatic heterocycles. The van der Waals surface area contributed by atoms with Gasteiger partial charge in [-0.3, -0.25) is 9.78 Å². The molecule has 0 spiro atoms. The van der Waals surface area contributed by atoms with Gasteiger partial charge in [0.25, 0.3) is 5.91 Å². The van der Waals surface area contributed by atoms with Gasteiger partial charge < -0.3 is 10.2 Å². The molecule has 0 unspecified atom stereocenters. The molecule has 3 rings (SSSR count). The molecule has 1 amide bonds. The van der Waals surface area contributed by atoms with Crippen molar-refractivity contribution in [2.45, 2.75) is 32.4 Å². The summed E-state index contributed by atoms with van der Waals surface area (Å²) in [6.07, 6.45) is -3.57. The van der Waals surface area contributed by atoms with Crippen LogP contribution in [0.5, 0.6) is 0 Å². The van der Waals surface area contributed by atoms with Crippen molar-refractivity contribution in [2.75, 3.05) is 24.5 Å². The number of hydrogen-bond donors (Lipinski definition) is 1. The highest BCUT2D eigenvalue weighted by atomic mass is 19.4. The van der Waals surface area contributed by atoms with Gasteiger partial charge in [0.2, 0.25) is 0 Å². The van der Waals surface area contributed by atoms with E-state index >= 15 is 0 Å². The van der Waals surface area contributed by atoms with Crippen LogP contribution in [0.2, 0.25) is 0 Å². The van der Waals surface area contributed by atoms with E-state index in [-0.39, 0.29) is 16.9 Å². The van der Waals surface area contributed by atoms with Crippen LogP contribution in [-0.4, -0.2) is 40.7 Å². The summed E-state index contributed by atoms with van der Waals surface area (Å²) in [5, 5.41) is 11.3. The van der Waals surface area contributed by atoms with Crippen molar-refractivity contribution < 1.29 is 18.0 Å². The fourth-order valence-electron chi connectivity index (χ4n) is 2.81. The zero-order chi connectivity index (χ0) is 20.5. The van der Waals surface area contributed by atoms with Crippen LogP contribution in [0.4, 0.5) is 19.0 Å². The smallest absolute Gasteiger partial charge is 0.354 e. The first-order valence-corrected chi connectivity index (χ1v) is 8.94. The number of nitrogens with zero attached hydrogens (tertiary/aromatic N) is 4. The predicted octanol–water partition coefficient (Wildman–Crippen LogP) is 3.05. The van der Waals surface area contributed by atoms with E-state index in [4.69, 9.17) is 0 Å². The monoisotopic (exact) mass is 393 g/mol. The number of anilines is 1. The molecule has 0 saturated carbocycles. The number of carbonyl (C=O) groups is 1. The molecule has 2 aromatic rings. The quantitative estimate of drug-likeness (QED) is 0.865. The van der Waals surface area contributed by atoms with Gasteiger partial charge in [0.1, 0.15) is 5.69 Å². The van der Waals surface area contributed by atoms with E-state index < -0.39 is 17.8 Å². The van der Waals surface area contributed by atoms with Gasteiger partial charge in [0, 0.05) is 37.2 Å². The molecule has 0 aliphatic carbocycles. The van der Waals surface area contributed by atoms with Crippen molar-refractivity contribution in [3.63, 3.8) is 0 Å². The maximum absolute atomic E-state index is 12.5. The summed E-state index contributed by atoms with van der Waals surface area (Å²) in [6.45, 7) is 8.12. The number of aromatic nitrogens is 3. The summed E-state index contributed by atoms with van der Waals surface area (Å²) in [5.41, 5.74) is -0.0451. The van der Waals surface area contributed by atoms with Crippen LogP contribution in [0, 0.1) is 5.92 Å². The molecule has 6 nitrogen and oxygen atoms in total. The molecule has 9 heteroatoms. The second-order valence-corrected chi connectivity index (χ2v) is 7.94. The zero-order valence-electron chi connectivity index (χ0n) is 15.9. The predicted molar refractivity (Wildman–Crippen MR) is 98.0 cm³/mol. The third kappa shape index (κ3) is 4.58. The Balaban J connectivity index is 1.47. The van der Waals surface area contributed by atoms with Crippen molar-refractivity contribution in [3.05, 3.63) is 47.4 Å². The number of hydrogen-bond acceptors (Lipinski definition) is 5. The number of alkyl halides is 3. The van der Waals surface area contributed by atoms with Crippen LogP contribution in [0.3, 0.4) is 0 Å². The van der Waals surface area contributed by atoms with Gasteiger partial charge in [0.15, 0.2) is 5.82 Å². The van der Waals surface area contributed by atoms with Crippen LogP contribution in [-0.2, 0) is 11.6 Å². The fraction of sp³-hybridized carbons (Fsp3) is 0.474. The summed E-state index contributed by atoms with van der Waals surface area (Å²) in [6, 6.07) is 5.84. The minimum atomic E-state index is -4.52. The average Bonchev–Trinajstić information content (AvgIpc) is 2.59. The minimum absolute atomic E-state index is 0.0551. The van der Waals surface area contributed by atoms with E-state index in [1.165, 1.54) is 0 Å². The summed E-state index contributed by atoms with van der Waals surface area (Å²) in [7, 11) is 0. The highest BCUT2D eigenvalue weighted by molar-refractivity contribution is 5.93. The van der Waals surface area contributed by atoms with Gasteiger partial charge in [-0.15, -0.1) is 5.10 Å². The summed E-state index contributed by atoms with van der Waals surface area (Å²) in [4.78, 5) is 17.4. The van der Waals surface area contributed by atoms with E-state index in [2.05, 4.69) is 46.2 Å². The Hall–Kier alpha value is -2.71. The van der Waals surface area contributed by atoms with Gasteiger partial charge in [0.05, 0.1) is 11.3 Å². The molecular formula is C19H22F3N5O. The largest absolute Gasteiger partial charge is 0.433 e. The van der Waals surface area contributed by atoms with Crippen LogP contribution >= 0.6 is 0 Å². The van der Waals surface area contributed by atoms with Gasteiger partial charge in [-0.25, -0.2) is 0 Å². The van der Waals surface area contributed by atoms with Crippen LogP contribution in [0.25, 0.3) is 0 Å². The Morgan fingerprint density at radius 2 is 1.79 bits per heavy atom. The maximum Gasteiger partial charge on any atom is 0.433 e. The molecule has 0 bridgehead atoms. The molecule has 1 N–H and O–H groups in total. The number of nitrogens with one attached hydrogen (secondary N) is 1. The topological polar surface area (TPSA) is 71.0 Å². The lowest BCUT2D eigenvalue weighted by Crippen LogP contribution is -2.52. The second kappa shape index (κ2) is 7.37. The van der Waals surface area contributed by atoms with Crippen molar-refractivity contribution >= 4 is 11.7 Å². The number of amides is 1. The molecule has 1 aliphatic heterocycles. The standard InChI is InChI=1S/C19H22F3N5O/c1-18(2,3)14-6-7-16(26-25-14)27-10-12(11-27)8-24-17(28)13-4-5-15(23-9-13)19(20,21)22/h4-7,9,12H,8,10-11H2,1-3H3,(H,24,28). The normalized spacial score (nSPS) is 15.3. The molecule has 0 radical (unpaired) electrons. The van der Waals surface area contributed by atoms with E-state index in [0.29, 0.717) is 6.54 Å². The Kier molecular flexibility index (Phi) is 5.27. The molecular weight excluding hydrogens is 371 g/mol. The lowest BCUT2D eigenvalue weighted by Gasteiger charge is -2.40. The molecule has 0 aromatic carbocycles. The Labute approximate surface area is 161 Å². The van der Waals surface area contributed by atoms with E-state index in [0.717, 1.165) is 42.9 Å². The first-order chi connectivity index (χ1) is 13.0. The molecule has 1 aliphatic rings. The van der Waals surface area contributed by atoms with Crippen molar-refractivity contribution in [1.29, 1.82) is 0 Å². The van der Waals surface area contributed by atoms with Crippen LogP contribution < -0.4 is 10.2 Å². The molecule has 3 heterocycles.